The molecule has 0 bridgehead atoms. The van der Waals surface area contributed by atoms with E-state index in [0.717, 1.165) is 19.6 Å². The van der Waals surface area contributed by atoms with Gasteiger partial charge in [-0.05, 0) is 56.5 Å². The maximum atomic E-state index is 12.8. The highest BCUT2D eigenvalue weighted by Crippen LogP contribution is 2.26. The van der Waals surface area contributed by atoms with Gasteiger partial charge in [0.1, 0.15) is 0 Å². The Bertz CT molecular complexity index is 819. The Kier molecular flexibility index (Phi) is 8.83. The van der Waals surface area contributed by atoms with Crippen LogP contribution in [-0.4, -0.2) is 62.8 Å². The van der Waals surface area contributed by atoms with Crippen LogP contribution in [0.25, 0.3) is 0 Å². The summed E-state index contributed by atoms with van der Waals surface area (Å²) in [6, 6.07) is 4.84. The number of benzene rings is 1. The van der Waals surface area contributed by atoms with E-state index >= 15 is 0 Å². The SMILES string of the molecule is O=C(NCCN1CCCCCC1)C1CCN(S(=O)(=O)Cc2ccc(Cl)cc2Cl)CC1. The molecule has 30 heavy (non-hydrogen) atoms. The third kappa shape index (κ3) is 6.82. The van der Waals surface area contributed by atoms with E-state index < -0.39 is 10.0 Å². The van der Waals surface area contributed by atoms with Crippen molar-refractivity contribution in [2.45, 2.75) is 44.3 Å². The fraction of sp³-hybridized carbons (Fsp3) is 0.667. The minimum absolute atomic E-state index is 0.0441. The Hall–Kier alpha value is -0.860. The van der Waals surface area contributed by atoms with Gasteiger partial charge < -0.3 is 10.2 Å². The standard InChI is InChI=1S/C21H31Cl2N3O3S/c22-19-6-5-18(20(23)15-19)16-30(28,29)26-12-7-17(8-13-26)21(27)24-9-14-25-10-3-1-2-4-11-25/h5-6,15,17H,1-4,7-14,16H2,(H,24,27). The normalized spacial score (nSPS) is 20.1. The molecule has 1 aromatic carbocycles. The number of nitrogens with zero attached hydrogens (tertiary/aromatic N) is 2. The van der Waals surface area contributed by atoms with Crippen molar-refractivity contribution in [3.05, 3.63) is 33.8 Å². The Morgan fingerprint density at radius 3 is 2.33 bits per heavy atom. The summed E-state index contributed by atoms with van der Waals surface area (Å²) in [5.74, 6) is -0.238. The Morgan fingerprint density at radius 2 is 1.70 bits per heavy atom. The van der Waals surface area contributed by atoms with Gasteiger partial charge in [0.05, 0.1) is 5.75 Å². The Labute approximate surface area is 189 Å². The number of hydrogen-bond donors (Lipinski definition) is 1. The van der Waals surface area contributed by atoms with Crippen molar-refractivity contribution in [3.8, 4) is 0 Å². The van der Waals surface area contributed by atoms with Crippen LogP contribution >= 0.6 is 23.2 Å². The lowest BCUT2D eigenvalue weighted by molar-refractivity contribution is -0.126. The second-order valence-corrected chi connectivity index (χ2v) is 11.0. The largest absolute Gasteiger partial charge is 0.355 e. The van der Waals surface area contributed by atoms with E-state index in [2.05, 4.69) is 10.2 Å². The predicted molar refractivity (Wildman–Crippen MR) is 121 cm³/mol. The van der Waals surface area contributed by atoms with Crippen LogP contribution in [0.2, 0.25) is 10.0 Å². The van der Waals surface area contributed by atoms with Gasteiger partial charge in [0.15, 0.2) is 0 Å². The van der Waals surface area contributed by atoms with Crippen molar-refractivity contribution >= 4 is 39.1 Å². The molecule has 6 nitrogen and oxygen atoms in total. The monoisotopic (exact) mass is 475 g/mol. The number of likely N-dealkylation sites (tertiary alicyclic amines) is 1. The van der Waals surface area contributed by atoms with Crippen molar-refractivity contribution in [2.24, 2.45) is 5.92 Å². The molecule has 0 aliphatic carbocycles. The molecule has 0 aromatic heterocycles. The Balaban J connectivity index is 1.43. The van der Waals surface area contributed by atoms with E-state index in [0.29, 0.717) is 48.1 Å². The highest BCUT2D eigenvalue weighted by molar-refractivity contribution is 7.88. The number of carbonyl (C=O) groups excluding carboxylic acids is 1. The summed E-state index contributed by atoms with van der Waals surface area (Å²) >= 11 is 12.0. The molecule has 1 amide bonds. The van der Waals surface area contributed by atoms with Gasteiger partial charge in [-0.1, -0.05) is 42.1 Å². The molecule has 1 N–H and O–H groups in total. The summed E-state index contributed by atoms with van der Waals surface area (Å²) in [5, 5.41) is 3.88. The van der Waals surface area contributed by atoms with Gasteiger partial charge in [-0.25, -0.2) is 12.7 Å². The molecular formula is C21H31Cl2N3O3S. The van der Waals surface area contributed by atoms with Crippen LogP contribution in [0.15, 0.2) is 18.2 Å². The van der Waals surface area contributed by atoms with E-state index in [9.17, 15) is 13.2 Å². The number of hydrogen-bond acceptors (Lipinski definition) is 4. The zero-order valence-corrected chi connectivity index (χ0v) is 19.6. The molecule has 0 unspecified atom stereocenters. The smallest absolute Gasteiger partial charge is 0.223 e. The summed E-state index contributed by atoms with van der Waals surface area (Å²) in [5.41, 5.74) is 0.537. The van der Waals surface area contributed by atoms with Crippen LogP contribution < -0.4 is 5.32 Å². The van der Waals surface area contributed by atoms with Crippen molar-refractivity contribution in [3.63, 3.8) is 0 Å². The summed E-state index contributed by atoms with van der Waals surface area (Å²) in [7, 11) is -3.49. The average molecular weight is 476 g/mol. The van der Waals surface area contributed by atoms with E-state index in [1.165, 1.54) is 30.0 Å². The van der Waals surface area contributed by atoms with E-state index in [-0.39, 0.29) is 17.6 Å². The molecule has 2 aliphatic rings. The van der Waals surface area contributed by atoms with E-state index in [1.54, 1.807) is 18.2 Å². The number of nitrogens with one attached hydrogen (secondary N) is 1. The molecule has 0 atom stereocenters. The van der Waals surface area contributed by atoms with Gasteiger partial charge in [0.25, 0.3) is 0 Å². The van der Waals surface area contributed by atoms with E-state index in [4.69, 9.17) is 23.2 Å². The van der Waals surface area contributed by atoms with E-state index in [1.807, 2.05) is 0 Å². The lowest BCUT2D eigenvalue weighted by Crippen LogP contribution is -2.44. The van der Waals surface area contributed by atoms with Gasteiger partial charge in [-0.15, -0.1) is 0 Å². The number of sulfonamides is 1. The minimum Gasteiger partial charge on any atom is -0.355 e. The molecule has 2 heterocycles. The number of halogens is 2. The first kappa shape index (κ1) is 23.8. The summed E-state index contributed by atoms with van der Waals surface area (Å²) in [6.07, 6.45) is 6.17. The van der Waals surface area contributed by atoms with Crippen LogP contribution in [0.1, 0.15) is 44.1 Å². The van der Waals surface area contributed by atoms with Gasteiger partial charge in [-0.3, -0.25) is 4.79 Å². The van der Waals surface area contributed by atoms with Gasteiger partial charge >= 0.3 is 0 Å². The van der Waals surface area contributed by atoms with Crippen molar-refractivity contribution in [1.82, 2.24) is 14.5 Å². The van der Waals surface area contributed by atoms with Crippen LogP contribution in [0.3, 0.4) is 0 Å². The number of piperidine rings is 1. The maximum Gasteiger partial charge on any atom is 0.223 e. The minimum atomic E-state index is -3.49. The van der Waals surface area contributed by atoms with Gasteiger partial charge in [0.2, 0.25) is 15.9 Å². The van der Waals surface area contributed by atoms with Gasteiger partial charge in [0, 0.05) is 42.1 Å². The summed E-state index contributed by atoms with van der Waals surface area (Å²) in [4.78, 5) is 14.9. The zero-order chi connectivity index (χ0) is 21.6. The lowest BCUT2D eigenvalue weighted by atomic mass is 9.97. The lowest BCUT2D eigenvalue weighted by Gasteiger charge is -2.31. The van der Waals surface area contributed by atoms with Crippen molar-refractivity contribution in [2.75, 3.05) is 39.3 Å². The zero-order valence-electron chi connectivity index (χ0n) is 17.3. The fourth-order valence-electron chi connectivity index (χ4n) is 4.16. The molecule has 0 spiro atoms. The Morgan fingerprint density at radius 1 is 1.03 bits per heavy atom. The molecule has 3 rings (SSSR count). The molecule has 0 radical (unpaired) electrons. The molecule has 2 fully saturated rings. The molecule has 2 aliphatic heterocycles. The molecule has 0 saturated carbocycles. The summed E-state index contributed by atoms with van der Waals surface area (Å²) < 4.78 is 27.0. The first-order chi connectivity index (χ1) is 14.3. The molecule has 9 heteroatoms. The van der Waals surface area contributed by atoms with Crippen LogP contribution in [0, 0.1) is 5.92 Å². The third-order valence-electron chi connectivity index (χ3n) is 6.00. The van der Waals surface area contributed by atoms with Crippen molar-refractivity contribution < 1.29 is 13.2 Å². The van der Waals surface area contributed by atoms with Crippen molar-refractivity contribution in [1.29, 1.82) is 0 Å². The number of amides is 1. The second kappa shape index (κ2) is 11.1. The summed E-state index contributed by atoms with van der Waals surface area (Å²) in [6.45, 7) is 4.50. The fourth-order valence-corrected chi connectivity index (χ4v) is 6.31. The average Bonchev–Trinajstić information content (AvgIpc) is 2.99. The number of rotatable bonds is 7. The highest BCUT2D eigenvalue weighted by atomic mass is 35.5. The topological polar surface area (TPSA) is 69.7 Å². The van der Waals surface area contributed by atoms with Crippen LogP contribution in [-0.2, 0) is 20.6 Å². The first-order valence-electron chi connectivity index (χ1n) is 10.8. The highest BCUT2D eigenvalue weighted by Gasteiger charge is 2.31. The quantitative estimate of drug-likeness (QED) is 0.654. The van der Waals surface area contributed by atoms with Crippen LogP contribution in [0.5, 0.6) is 0 Å². The van der Waals surface area contributed by atoms with Crippen LogP contribution in [0.4, 0.5) is 0 Å². The molecule has 2 saturated heterocycles. The number of carbonyl (C=O) groups is 1. The molecule has 168 valence electrons. The molecule has 1 aromatic rings. The third-order valence-corrected chi connectivity index (χ3v) is 8.41. The maximum absolute atomic E-state index is 12.8. The second-order valence-electron chi connectivity index (χ2n) is 8.21. The predicted octanol–water partition coefficient (Wildman–Crippen LogP) is 3.53. The van der Waals surface area contributed by atoms with Gasteiger partial charge in [-0.2, -0.15) is 0 Å². The molecular weight excluding hydrogens is 445 g/mol. The first-order valence-corrected chi connectivity index (χ1v) is 13.1.